The van der Waals surface area contributed by atoms with Crippen LogP contribution in [0.15, 0.2) is 0 Å². The first-order chi connectivity index (χ1) is 10.1. The summed E-state index contributed by atoms with van der Waals surface area (Å²) in [4.78, 5) is 42.7. The normalized spacial score (nSPS) is 32.6. The van der Waals surface area contributed by atoms with Crippen molar-refractivity contribution in [3.63, 3.8) is 0 Å². The lowest BCUT2D eigenvalue weighted by molar-refractivity contribution is -0.140. The predicted molar refractivity (Wildman–Crippen MR) is 76.5 cm³/mol. The zero-order valence-electron chi connectivity index (χ0n) is 12.8. The van der Waals surface area contributed by atoms with Crippen LogP contribution in [0.5, 0.6) is 0 Å². The molecule has 2 atom stereocenters. The molecule has 3 aliphatic rings. The average molecular weight is 293 g/mol. The van der Waals surface area contributed by atoms with Gasteiger partial charge >= 0.3 is 6.03 Å². The van der Waals surface area contributed by atoms with Crippen LogP contribution in [0.25, 0.3) is 0 Å². The molecule has 6 nitrogen and oxygen atoms in total. The number of likely N-dealkylation sites (tertiary alicyclic amines) is 1. The van der Waals surface area contributed by atoms with E-state index >= 15 is 0 Å². The molecule has 3 heterocycles. The summed E-state index contributed by atoms with van der Waals surface area (Å²) in [6.45, 7) is 5.86. The highest BCUT2D eigenvalue weighted by Gasteiger charge is 2.61. The number of carbonyl (C=O) groups is 3. The van der Waals surface area contributed by atoms with E-state index in [1.807, 2.05) is 13.8 Å². The van der Waals surface area contributed by atoms with E-state index in [0.717, 1.165) is 19.3 Å². The van der Waals surface area contributed by atoms with Gasteiger partial charge in [0.25, 0.3) is 5.91 Å². The van der Waals surface area contributed by atoms with Crippen LogP contribution in [0.3, 0.4) is 0 Å². The van der Waals surface area contributed by atoms with Crippen molar-refractivity contribution in [1.82, 2.24) is 14.7 Å². The monoisotopic (exact) mass is 293 g/mol. The summed E-state index contributed by atoms with van der Waals surface area (Å²) in [6, 6.07) is -0.827. The maximum atomic E-state index is 12.9. The second kappa shape index (κ2) is 5.00. The Morgan fingerprint density at radius 1 is 1.19 bits per heavy atom. The van der Waals surface area contributed by atoms with Gasteiger partial charge in [0.2, 0.25) is 5.91 Å². The van der Waals surface area contributed by atoms with Crippen molar-refractivity contribution in [1.29, 1.82) is 0 Å². The Kier molecular flexibility index (Phi) is 3.42. The van der Waals surface area contributed by atoms with Crippen LogP contribution in [0.1, 0.15) is 46.0 Å². The van der Waals surface area contributed by atoms with Crippen LogP contribution in [0, 0.1) is 0 Å². The van der Waals surface area contributed by atoms with Crippen molar-refractivity contribution in [2.24, 2.45) is 0 Å². The van der Waals surface area contributed by atoms with Gasteiger partial charge < -0.3 is 9.80 Å². The number of hydrogen-bond donors (Lipinski definition) is 0. The molecule has 21 heavy (non-hydrogen) atoms. The minimum Gasteiger partial charge on any atom is -0.341 e. The summed E-state index contributed by atoms with van der Waals surface area (Å²) >= 11 is 0. The summed E-state index contributed by atoms with van der Waals surface area (Å²) in [5, 5.41) is 0. The molecule has 0 aromatic carbocycles. The lowest BCUT2D eigenvalue weighted by Gasteiger charge is -2.27. The summed E-state index contributed by atoms with van der Waals surface area (Å²) in [5.41, 5.74) is -0.661. The van der Waals surface area contributed by atoms with Crippen molar-refractivity contribution in [2.75, 3.05) is 19.6 Å². The van der Waals surface area contributed by atoms with E-state index in [0.29, 0.717) is 32.5 Å². The third kappa shape index (κ3) is 1.80. The molecule has 3 rings (SSSR count). The lowest BCUT2D eigenvalue weighted by atomic mass is 9.90. The molecular formula is C15H23N3O3. The second-order valence-corrected chi connectivity index (χ2v) is 6.22. The highest BCUT2D eigenvalue weighted by atomic mass is 16.2. The summed E-state index contributed by atoms with van der Waals surface area (Å²) in [6.07, 6.45) is 3.75. The molecule has 0 spiro atoms. The van der Waals surface area contributed by atoms with Crippen molar-refractivity contribution < 1.29 is 14.4 Å². The number of fused-ring (bicyclic) bond motifs is 1. The zero-order valence-corrected chi connectivity index (χ0v) is 12.8. The molecule has 116 valence electrons. The van der Waals surface area contributed by atoms with E-state index in [1.54, 1.807) is 9.80 Å². The minimum absolute atomic E-state index is 0.0768. The number of hydrogen-bond acceptors (Lipinski definition) is 3. The van der Waals surface area contributed by atoms with Gasteiger partial charge in [-0.05, 0) is 32.6 Å². The Balaban J connectivity index is 1.90. The molecule has 0 bridgehead atoms. The van der Waals surface area contributed by atoms with Gasteiger partial charge in [-0.3, -0.25) is 9.59 Å². The Morgan fingerprint density at radius 3 is 2.57 bits per heavy atom. The van der Waals surface area contributed by atoms with E-state index in [-0.39, 0.29) is 17.8 Å². The largest absolute Gasteiger partial charge is 0.341 e. The Labute approximate surface area is 125 Å². The molecule has 0 aromatic rings. The van der Waals surface area contributed by atoms with E-state index < -0.39 is 11.6 Å². The second-order valence-electron chi connectivity index (χ2n) is 6.22. The number of likely N-dealkylation sites (N-methyl/N-ethyl adjacent to an activating group) is 1. The molecule has 0 unspecified atom stereocenters. The Bertz CT molecular complexity index is 493. The first-order valence-electron chi connectivity index (χ1n) is 8.01. The highest BCUT2D eigenvalue weighted by molar-refractivity contribution is 6.10. The summed E-state index contributed by atoms with van der Waals surface area (Å²) in [5.74, 6) is -0.213. The molecule has 3 fully saturated rings. The highest BCUT2D eigenvalue weighted by Crippen LogP contribution is 2.42. The number of imide groups is 1. The number of carbonyl (C=O) groups excluding carboxylic acids is 3. The van der Waals surface area contributed by atoms with Gasteiger partial charge in [0, 0.05) is 19.6 Å². The Morgan fingerprint density at radius 2 is 1.95 bits per heavy atom. The third-order valence-corrected chi connectivity index (χ3v) is 5.17. The fourth-order valence-corrected chi connectivity index (χ4v) is 4.15. The van der Waals surface area contributed by atoms with Gasteiger partial charge in [0.1, 0.15) is 11.6 Å². The molecule has 0 aliphatic carbocycles. The molecule has 3 aliphatic heterocycles. The van der Waals surface area contributed by atoms with Crippen molar-refractivity contribution in [3.8, 4) is 0 Å². The van der Waals surface area contributed by atoms with Crippen LogP contribution in [-0.2, 0) is 9.59 Å². The quantitative estimate of drug-likeness (QED) is 0.732. The number of rotatable bonds is 4. The smallest absolute Gasteiger partial charge is 0.328 e. The average Bonchev–Trinajstić information content (AvgIpc) is 3.09. The first kappa shape index (κ1) is 14.4. The van der Waals surface area contributed by atoms with Crippen molar-refractivity contribution in [2.45, 2.75) is 57.5 Å². The number of nitrogens with zero attached hydrogens (tertiary/aromatic N) is 3. The fourth-order valence-electron chi connectivity index (χ4n) is 4.15. The maximum absolute atomic E-state index is 12.9. The molecule has 3 saturated heterocycles. The predicted octanol–water partition coefficient (Wildman–Crippen LogP) is 1.20. The molecule has 4 amide bonds. The third-order valence-electron chi connectivity index (χ3n) is 5.17. The van der Waals surface area contributed by atoms with E-state index in [1.165, 1.54) is 4.90 Å². The van der Waals surface area contributed by atoms with Gasteiger partial charge in [0.15, 0.2) is 0 Å². The minimum atomic E-state index is -0.661. The zero-order chi connectivity index (χ0) is 15.2. The Hall–Kier alpha value is -1.59. The maximum Gasteiger partial charge on any atom is 0.328 e. The van der Waals surface area contributed by atoms with Crippen molar-refractivity contribution in [3.05, 3.63) is 0 Å². The summed E-state index contributed by atoms with van der Waals surface area (Å²) in [7, 11) is 0. The van der Waals surface area contributed by atoms with Gasteiger partial charge in [-0.25, -0.2) is 9.69 Å². The van der Waals surface area contributed by atoms with Crippen LogP contribution < -0.4 is 0 Å². The van der Waals surface area contributed by atoms with Crippen LogP contribution >= 0.6 is 0 Å². The molecule has 6 heteroatoms. The molecule has 0 radical (unpaired) electrons. The first-order valence-corrected chi connectivity index (χ1v) is 8.01. The van der Waals surface area contributed by atoms with Gasteiger partial charge in [-0.15, -0.1) is 0 Å². The summed E-state index contributed by atoms with van der Waals surface area (Å²) < 4.78 is 0. The molecular weight excluding hydrogens is 270 g/mol. The SMILES string of the molecule is CCC[C@@]12CCCN1C(=O)N([C@@H]1CCN(CC)C1=O)C2=O. The van der Waals surface area contributed by atoms with Gasteiger partial charge in [-0.1, -0.05) is 13.3 Å². The van der Waals surface area contributed by atoms with Crippen LogP contribution in [0.4, 0.5) is 4.79 Å². The molecule has 0 saturated carbocycles. The standard InChI is InChI=1S/C15H23N3O3/c1-3-7-15-8-5-9-17(15)14(21)18(13(15)20)11-6-10-16(4-2)12(11)19/h11H,3-10H2,1-2H3/t11-,15+/m1/s1. The number of amides is 4. The fraction of sp³-hybridized carbons (Fsp3) is 0.800. The number of urea groups is 1. The van der Waals surface area contributed by atoms with E-state index in [2.05, 4.69) is 0 Å². The van der Waals surface area contributed by atoms with Gasteiger partial charge in [-0.2, -0.15) is 0 Å². The molecule has 0 aromatic heterocycles. The topological polar surface area (TPSA) is 60.9 Å². The van der Waals surface area contributed by atoms with Crippen molar-refractivity contribution >= 4 is 17.8 Å². The molecule has 0 N–H and O–H groups in total. The van der Waals surface area contributed by atoms with E-state index in [4.69, 9.17) is 0 Å². The van der Waals surface area contributed by atoms with Crippen LogP contribution in [-0.4, -0.2) is 63.8 Å². The van der Waals surface area contributed by atoms with Gasteiger partial charge in [0.05, 0.1) is 0 Å². The van der Waals surface area contributed by atoms with Crippen LogP contribution in [0.2, 0.25) is 0 Å². The van der Waals surface area contributed by atoms with E-state index in [9.17, 15) is 14.4 Å². The lowest BCUT2D eigenvalue weighted by Crippen LogP contribution is -2.48.